The maximum absolute atomic E-state index is 5.89. The lowest BCUT2D eigenvalue weighted by Crippen LogP contribution is -2.00. The Morgan fingerprint density at radius 1 is 1.11 bits per heavy atom. The molecule has 0 unspecified atom stereocenters. The van der Waals surface area contributed by atoms with Crippen LogP contribution >= 0.6 is 11.6 Å². The first-order valence-corrected chi connectivity index (χ1v) is 9.01. The second kappa shape index (κ2) is 7.63. The Kier molecular flexibility index (Phi) is 4.89. The molecule has 0 radical (unpaired) electrons. The summed E-state index contributed by atoms with van der Waals surface area (Å²) in [6, 6.07) is 13.5. The van der Waals surface area contributed by atoms with Gasteiger partial charge < -0.3 is 10.1 Å². The number of nitrogens with zero attached hydrogens (tertiary/aromatic N) is 4. The Labute approximate surface area is 161 Å². The Morgan fingerprint density at radius 2 is 2.04 bits per heavy atom. The molecule has 27 heavy (non-hydrogen) atoms. The van der Waals surface area contributed by atoms with Gasteiger partial charge in [-0.2, -0.15) is 5.10 Å². The molecule has 0 aliphatic heterocycles. The Bertz CT molecular complexity index is 1060. The van der Waals surface area contributed by atoms with Gasteiger partial charge >= 0.3 is 0 Å². The van der Waals surface area contributed by atoms with Crippen molar-refractivity contribution in [3.8, 4) is 5.75 Å². The van der Waals surface area contributed by atoms with Crippen LogP contribution in [-0.2, 0) is 13.2 Å². The van der Waals surface area contributed by atoms with Gasteiger partial charge in [-0.1, -0.05) is 11.6 Å². The first-order valence-electron chi connectivity index (χ1n) is 8.64. The van der Waals surface area contributed by atoms with E-state index in [1.165, 1.54) is 0 Å². The van der Waals surface area contributed by atoms with E-state index < -0.39 is 0 Å². The summed E-state index contributed by atoms with van der Waals surface area (Å²) in [4.78, 5) is 8.51. The second-order valence-corrected chi connectivity index (χ2v) is 6.38. The summed E-state index contributed by atoms with van der Waals surface area (Å²) in [7, 11) is 0. The molecular formula is C20H18ClN5O. The fraction of sp³-hybridized carbons (Fsp3) is 0.150. The first-order chi connectivity index (χ1) is 13.2. The van der Waals surface area contributed by atoms with Crippen LogP contribution in [0.5, 0.6) is 5.75 Å². The summed E-state index contributed by atoms with van der Waals surface area (Å²) in [6.07, 6.45) is 5.39. The normalized spacial score (nSPS) is 10.9. The number of halogens is 1. The summed E-state index contributed by atoms with van der Waals surface area (Å²) < 4.78 is 7.77. The maximum atomic E-state index is 5.89. The minimum absolute atomic E-state index is 0.436. The van der Waals surface area contributed by atoms with Crippen LogP contribution in [0.1, 0.15) is 12.6 Å². The smallest absolute Gasteiger partial charge is 0.138 e. The van der Waals surface area contributed by atoms with E-state index in [-0.39, 0.29) is 0 Å². The van der Waals surface area contributed by atoms with Crippen molar-refractivity contribution in [2.24, 2.45) is 0 Å². The van der Waals surface area contributed by atoms with Crippen LogP contribution in [-0.4, -0.2) is 19.7 Å². The highest BCUT2D eigenvalue weighted by Gasteiger charge is 2.06. The predicted octanol–water partition coefficient (Wildman–Crippen LogP) is 4.82. The fourth-order valence-electron chi connectivity index (χ4n) is 2.75. The average molecular weight is 380 g/mol. The van der Waals surface area contributed by atoms with Gasteiger partial charge in [0, 0.05) is 24.3 Å². The van der Waals surface area contributed by atoms with Crippen LogP contribution in [0.25, 0.3) is 10.8 Å². The Hall–Kier alpha value is -3.12. The molecule has 3 aromatic heterocycles. The van der Waals surface area contributed by atoms with E-state index in [1.54, 1.807) is 18.5 Å². The van der Waals surface area contributed by atoms with Crippen LogP contribution < -0.4 is 10.1 Å². The lowest BCUT2D eigenvalue weighted by atomic mass is 10.1. The number of aromatic nitrogens is 4. The number of aryl methyl sites for hydroxylation is 1. The van der Waals surface area contributed by atoms with Crippen molar-refractivity contribution >= 4 is 33.9 Å². The van der Waals surface area contributed by atoms with Crippen LogP contribution in [0.4, 0.5) is 11.5 Å². The van der Waals surface area contributed by atoms with Gasteiger partial charge in [0.05, 0.1) is 17.6 Å². The molecule has 7 heteroatoms. The van der Waals surface area contributed by atoms with Gasteiger partial charge in [0.25, 0.3) is 0 Å². The summed E-state index contributed by atoms with van der Waals surface area (Å²) in [5, 5.41) is 10.2. The Balaban J connectivity index is 1.53. The number of anilines is 2. The van der Waals surface area contributed by atoms with Crippen molar-refractivity contribution in [2.45, 2.75) is 20.1 Å². The number of ether oxygens (including phenoxy) is 1. The molecule has 1 N–H and O–H groups in total. The van der Waals surface area contributed by atoms with Gasteiger partial charge in [-0.15, -0.1) is 0 Å². The van der Waals surface area contributed by atoms with E-state index in [1.807, 2.05) is 47.3 Å². The molecule has 0 saturated carbocycles. The standard InChI is InChI=1S/C20H18ClN5O/c1-2-26-10-8-16(25-26)13-27-17-4-5-18-14(11-17)7-9-22-20(18)24-15-3-6-19(21)23-12-15/h3-12H,2,13H2,1H3,(H,22,24). The highest BCUT2D eigenvalue weighted by molar-refractivity contribution is 6.29. The van der Waals surface area contributed by atoms with Crippen LogP contribution in [0.2, 0.25) is 5.15 Å². The molecule has 0 fully saturated rings. The van der Waals surface area contributed by atoms with E-state index in [0.717, 1.165) is 40.3 Å². The molecule has 4 aromatic rings. The van der Waals surface area contributed by atoms with Crippen molar-refractivity contribution in [1.82, 2.24) is 19.7 Å². The molecule has 136 valence electrons. The van der Waals surface area contributed by atoms with Crippen molar-refractivity contribution in [3.63, 3.8) is 0 Å². The quantitative estimate of drug-likeness (QED) is 0.486. The van der Waals surface area contributed by atoms with Gasteiger partial charge in [0.15, 0.2) is 0 Å². The SMILES string of the molecule is CCn1ccc(COc2ccc3c(Nc4ccc(Cl)nc4)nccc3c2)n1. The van der Waals surface area contributed by atoms with Gasteiger partial charge in [-0.3, -0.25) is 4.68 Å². The summed E-state index contributed by atoms with van der Waals surface area (Å²) >= 11 is 5.84. The molecule has 4 rings (SSSR count). The zero-order valence-corrected chi connectivity index (χ0v) is 15.5. The molecule has 3 heterocycles. The number of hydrogen-bond donors (Lipinski definition) is 1. The number of pyridine rings is 2. The molecule has 0 spiro atoms. The van der Waals surface area contributed by atoms with Gasteiger partial charge in [0.2, 0.25) is 0 Å². The summed E-state index contributed by atoms with van der Waals surface area (Å²) in [6.45, 7) is 3.34. The third kappa shape index (κ3) is 4.01. The maximum Gasteiger partial charge on any atom is 0.138 e. The highest BCUT2D eigenvalue weighted by Crippen LogP contribution is 2.28. The topological polar surface area (TPSA) is 64.9 Å². The largest absolute Gasteiger partial charge is 0.487 e. The molecule has 6 nitrogen and oxygen atoms in total. The molecule has 0 amide bonds. The molecule has 0 atom stereocenters. The lowest BCUT2D eigenvalue weighted by molar-refractivity contribution is 0.300. The second-order valence-electron chi connectivity index (χ2n) is 5.99. The minimum atomic E-state index is 0.436. The average Bonchev–Trinajstić information content (AvgIpc) is 3.16. The van der Waals surface area contributed by atoms with E-state index in [0.29, 0.717) is 11.8 Å². The third-order valence-electron chi connectivity index (χ3n) is 4.13. The van der Waals surface area contributed by atoms with E-state index in [2.05, 4.69) is 27.3 Å². The minimum Gasteiger partial charge on any atom is -0.487 e. The van der Waals surface area contributed by atoms with Gasteiger partial charge in [-0.25, -0.2) is 9.97 Å². The van der Waals surface area contributed by atoms with E-state index >= 15 is 0 Å². The molecule has 0 bridgehead atoms. The Morgan fingerprint density at radius 3 is 2.81 bits per heavy atom. The highest BCUT2D eigenvalue weighted by atomic mass is 35.5. The van der Waals surface area contributed by atoms with Crippen LogP contribution in [0.3, 0.4) is 0 Å². The number of fused-ring (bicyclic) bond motifs is 1. The number of benzene rings is 1. The molecule has 0 aliphatic rings. The third-order valence-corrected chi connectivity index (χ3v) is 4.36. The first kappa shape index (κ1) is 17.3. The lowest BCUT2D eigenvalue weighted by Gasteiger charge is -2.10. The van der Waals surface area contributed by atoms with Crippen molar-refractivity contribution < 1.29 is 4.74 Å². The van der Waals surface area contributed by atoms with Gasteiger partial charge in [-0.05, 0) is 54.8 Å². The monoisotopic (exact) mass is 379 g/mol. The molecular weight excluding hydrogens is 362 g/mol. The fourth-order valence-corrected chi connectivity index (χ4v) is 2.86. The van der Waals surface area contributed by atoms with Crippen molar-refractivity contribution in [3.05, 3.63) is 71.9 Å². The predicted molar refractivity (Wildman–Crippen MR) is 107 cm³/mol. The van der Waals surface area contributed by atoms with E-state index in [9.17, 15) is 0 Å². The zero-order valence-electron chi connectivity index (χ0n) is 14.8. The van der Waals surface area contributed by atoms with Crippen molar-refractivity contribution in [2.75, 3.05) is 5.32 Å². The van der Waals surface area contributed by atoms with Crippen molar-refractivity contribution in [1.29, 1.82) is 0 Å². The molecule has 0 saturated heterocycles. The summed E-state index contributed by atoms with van der Waals surface area (Å²) in [5.74, 6) is 1.55. The van der Waals surface area contributed by atoms with Crippen LogP contribution in [0, 0.1) is 0 Å². The van der Waals surface area contributed by atoms with Gasteiger partial charge in [0.1, 0.15) is 23.3 Å². The number of rotatable bonds is 6. The zero-order chi connectivity index (χ0) is 18.6. The number of hydrogen-bond acceptors (Lipinski definition) is 5. The number of nitrogens with one attached hydrogen (secondary N) is 1. The van der Waals surface area contributed by atoms with E-state index in [4.69, 9.17) is 16.3 Å². The molecule has 1 aromatic carbocycles. The molecule has 0 aliphatic carbocycles. The van der Waals surface area contributed by atoms with Crippen LogP contribution in [0.15, 0.2) is 61.1 Å². The summed E-state index contributed by atoms with van der Waals surface area (Å²) in [5.41, 5.74) is 1.73.